The average molecular weight is 1010 g/mol. The number of hydrogen-bond donors (Lipinski definition) is 0. The highest BCUT2D eigenvalue weighted by Crippen LogP contribution is 2.58. The molecule has 17 rings (SSSR count). The van der Waals surface area contributed by atoms with Crippen LogP contribution in [0.1, 0.15) is 33.4 Å². The van der Waals surface area contributed by atoms with Crippen LogP contribution in [0.2, 0.25) is 0 Å². The molecule has 0 saturated carbocycles. The first-order chi connectivity index (χ1) is 38.2. The maximum atomic E-state index is 5.34. The van der Waals surface area contributed by atoms with Crippen LogP contribution in [0, 0.1) is 0 Å². The molecule has 0 N–H and O–H groups in total. The SMILES string of the molecule is c1ccc(-c2nc(-c3ccccc3)nc(-c3ccc4c5c(cccc35)C3(Cc5ccc(-c6cccc7c6sc6ccccc67)c6cccc3c56)c3cccc5c(-c6cccc7c6sc6ccccc67)ccc(c35)C4)n2)cc1. The molecule has 3 heterocycles. The molecule has 1 atom stereocenters. The first-order valence-electron chi connectivity index (χ1n) is 26.5. The smallest absolute Gasteiger partial charge is 0.164 e. The number of thiophene rings is 2. The highest BCUT2D eigenvalue weighted by Gasteiger charge is 2.46. The van der Waals surface area contributed by atoms with Gasteiger partial charge in [0.2, 0.25) is 0 Å². The molecule has 2 aliphatic carbocycles. The van der Waals surface area contributed by atoms with E-state index in [1.807, 2.05) is 34.8 Å². The summed E-state index contributed by atoms with van der Waals surface area (Å²) in [6.45, 7) is 0. The van der Waals surface area contributed by atoms with Gasteiger partial charge in [-0.05, 0) is 102 Å². The van der Waals surface area contributed by atoms with Gasteiger partial charge in [-0.3, -0.25) is 0 Å². The van der Waals surface area contributed by atoms with E-state index < -0.39 is 5.41 Å². The van der Waals surface area contributed by atoms with Gasteiger partial charge in [0.1, 0.15) is 0 Å². The number of nitrogens with zero attached hydrogens (tertiary/aromatic N) is 3. The second-order valence-corrected chi connectivity index (χ2v) is 23.0. The zero-order valence-electron chi connectivity index (χ0n) is 41.6. The number of benzene rings is 12. The minimum absolute atomic E-state index is 0.572. The summed E-state index contributed by atoms with van der Waals surface area (Å²) in [5.74, 6) is 1.98. The monoisotopic (exact) mass is 1010 g/mol. The summed E-state index contributed by atoms with van der Waals surface area (Å²) >= 11 is 3.81. The molecule has 0 fully saturated rings. The summed E-state index contributed by atoms with van der Waals surface area (Å²) < 4.78 is 5.31. The van der Waals surface area contributed by atoms with E-state index in [0.717, 1.165) is 34.9 Å². The van der Waals surface area contributed by atoms with Crippen molar-refractivity contribution in [2.45, 2.75) is 18.3 Å². The minimum atomic E-state index is -0.572. The largest absolute Gasteiger partial charge is 0.208 e. The molecule has 0 bridgehead atoms. The van der Waals surface area contributed by atoms with Gasteiger partial charge in [0.25, 0.3) is 0 Å². The Morgan fingerprint density at radius 2 is 0.675 bits per heavy atom. The molecule has 15 aromatic rings. The van der Waals surface area contributed by atoms with Crippen LogP contribution in [-0.4, -0.2) is 15.0 Å². The fourth-order valence-electron chi connectivity index (χ4n) is 13.7. The van der Waals surface area contributed by atoms with Gasteiger partial charge in [-0.2, -0.15) is 0 Å². The third-order valence-corrected chi connectivity index (χ3v) is 19.4. The highest BCUT2D eigenvalue weighted by atomic mass is 32.1. The van der Waals surface area contributed by atoms with E-state index in [4.69, 9.17) is 15.0 Å². The summed E-state index contributed by atoms with van der Waals surface area (Å²) in [6.07, 6.45) is 1.59. The minimum Gasteiger partial charge on any atom is -0.208 e. The first-order valence-corrected chi connectivity index (χ1v) is 28.1. The lowest BCUT2D eigenvalue weighted by molar-refractivity contribution is 0.651. The van der Waals surface area contributed by atoms with Gasteiger partial charge < -0.3 is 0 Å². The topological polar surface area (TPSA) is 38.7 Å². The van der Waals surface area contributed by atoms with Crippen LogP contribution < -0.4 is 0 Å². The van der Waals surface area contributed by atoms with Gasteiger partial charge in [-0.15, -0.1) is 22.7 Å². The van der Waals surface area contributed by atoms with Gasteiger partial charge in [0.05, 0.1) is 5.41 Å². The fourth-order valence-corrected chi connectivity index (χ4v) is 16.1. The zero-order chi connectivity index (χ0) is 50.3. The van der Waals surface area contributed by atoms with Crippen molar-refractivity contribution in [1.29, 1.82) is 0 Å². The molecule has 77 heavy (non-hydrogen) atoms. The molecule has 1 spiro atoms. The van der Waals surface area contributed by atoms with Crippen molar-refractivity contribution >= 4 is 95.3 Å². The summed E-state index contributed by atoms with van der Waals surface area (Å²) in [5.41, 5.74) is 15.5. The number of rotatable bonds is 5. The third kappa shape index (κ3) is 6.21. The molecule has 1 unspecified atom stereocenters. The molecular weight excluding hydrogens is 971 g/mol. The van der Waals surface area contributed by atoms with Crippen LogP contribution in [0.25, 0.3) is 129 Å². The van der Waals surface area contributed by atoms with E-state index in [-0.39, 0.29) is 0 Å². The number of fused-ring (bicyclic) bond motifs is 9. The molecule has 0 aliphatic heterocycles. The molecule has 5 heteroatoms. The Bertz CT molecular complexity index is 4940. The second-order valence-electron chi connectivity index (χ2n) is 20.9. The predicted octanol–water partition coefficient (Wildman–Crippen LogP) is 19.2. The molecule has 2 aliphatic rings. The van der Waals surface area contributed by atoms with E-state index in [0.29, 0.717) is 17.5 Å². The molecular formula is C72H43N3S2. The van der Waals surface area contributed by atoms with E-state index >= 15 is 0 Å². The van der Waals surface area contributed by atoms with E-state index in [1.54, 1.807) is 0 Å². The molecule has 358 valence electrons. The Morgan fingerprint density at radius 1 is 0.286 bits per heavy atom. The summed E-state index contributed by atoms with van der Waals surface area (Å²) in [6, 6.07) is 87.9. The Balaban J connectivity index is 0.960. The molecule has 3 nitrogen and oxygen atoms in total. The van der Waals surface area contributed by atoms with Crippen molar-refractivity contribution in [2.75, 3.05) is 0 Å². The van der Waals surface area contributed by atoms with Gasteiger partial charge in [0.15, 0.2) is 17.5 Å². The van der Waals surface area contributed by atoms with Gasteiger partial charge in [-0.1, -0.05) is 224 Å². The van der Waals surface area contributed by atoms with Crippen molar-refractivity contribution < 1.29 is 0 Å². The number of aromatic nitrogens is 3. The predicted molar refractivity (Wildman–Crippen MR) is 325 cm³/mol. The lowest BCUT2D eigenvalue weighted by atomic mass is 9.64. The fraction of sp³-hybridized carbons (Fsp3) is 0.0417. The first kappa shape index (κ1) is 43.1. The van der Waals surface area contributed by atoms with Crippen LogP contribution in [0.5, 0.6) is 0 Å². The van der Waals surface area contributed by atoms with Crippen molar-refractivity contribution in [2.24, 2.45) is 0 Å². The molecule has 0 radical (unpaired) electrons. The summed E-state index contributed by atoms with van der Waals surface area (Å²) in [7, 11) is 0. The maximum absolute atomic E-state index is 5.34. The van der Waals surface area contributed by atoms with Gasteiger partial charge in [0, 0.05) is 68.2 Å². The van der Waals surface area contributed by atoms with Crippen LogP contribution in [-0.2, 0) is 18.3 Å². The van der Waals surface area contributed by atoms with Crippen LogP contribution in [0.3, 0.4) is 0 Å². The lowest BCUT2D eigenvalue weighted by Crippen LogP contribution is -2.30. The van der Waals surface area contributed by atoms with E-state index in [2.05, 4.69) is 224 Å². The van der Waals surface area contributed by atoms with Crippen LogP contribution in [0.15, 0.2) is 237 Å². The van der Waals surface area contributed by atoms with Crippen molar-refractivity contribution in [3.8, 4) is 56.4 Å². The standard InChI is InChI=1S/C72H43N3S2/c1-3-16-42(17-4-1)69-73-70(43-18-5-2-6-19-43)75-71(74-69)58-39-35-45-40-44-34-37-47(54-25-11-27-56-49-20-7-9-32-62(49)76-67(54)56)51-22-13-29-59(64(44)51)72(60-30-15-24-53(58)65(45)60)41-46-36-38-48(52-23-14-31-61(72)66(46)52)55-26-12-28-57-50-21-8-10-33-63(50)77-68(55)57/h1-39H,40-41H2. The normalized spacial score (nSPS) is 14.7. The van der Waals surface area contributed by atoms with Gasteiger partial charge in [-0.25, -0.2) is 15.0 Å². The average Bonchev–Trinajstić information content (AvgIpc) is 4.40. The zero-order valence-corrected chi connectivity index (χ0v) is 43.2. The number of hydrogen-bond acceptors (Lipinski definition) is 5. The maximum Gasteiger partial charge on any atom is 0.164 e. The van der Waals surface area contributed by atoms with E-state index in [1.165, 1.54) is 123 Å². The van der Waals surface area contributed by atoms with Gasteiger partial charge >= 0.3 is 0 Å². The summed E-state index contributed by atoms with van der Waals surface area (Å²) in [4.78, 5) is 15.8. The summed E-state index contributed by atoms with van der Waals surface area (Å²) in [5, 5.41) is 13.0. The molecule has 0 saturated heterocycles. The van der Waals surface area contributed by atoms with Crippen molar-refractivity contribution in [3.63, 3.8) is 0 Å². The Kier molecular flexibility index (Phi) is 9.21. The quantitative estimate of drug-likeness (QED) is 0.172. The Hall–Kier alpha value is -9.13. The molecule has 0 amide bonds. The van der Waals surface area contributed by atoms with Crippen LogP contribution >= 0.6 is 22.7 Å². The molecule has 12 aromatic carbocycles. The van der Waals surface area contributed by atoms with E-state index in [9.17, 15) is 0 Å². The Morgan fingerprint density at radius 3 is 1.19 bits per heavy atom. The lowest BCUT2D eigenvalue weighted by Gasteiger charge is -2.37. The molecule has 3 aromatic heterocycles. The Labute approximate surface area is 452 Å². The van der Waals surface area contributed by atoms with Crippen molar-refractivity contribution in [1.82, 2.24) is 15.0 Å². The highest BCUT2D eigenvalue weighted by molar-refractivity contribution is 7.26. The second kappa shape index (κ2) is 16.4. The third-order valence-electron chi connectivity index (χ3n) is 16.9. The van der Waals surface area contributed by atoms with Crippen molar-refractivity contribution in [3.05, 3.63) is 270 Å². The van der Waals surface area contributed by atoms with Crippen LogP contribution in [0.4, 0.5) is 0 Å².